The number of ether oxygens (including phenoxy) is 2. The average Bonchev–Trinajstić information content (AvgIpc) is 2.52. The van der Waals surface area contributed by atoms with Gasteiger partial charge in [-0.3, -0.25) is 0 Å². The molecule has 116 valence electrons. The second-order valence-electron chi connectivity index (χ2n) is 4.89. The number of sulfonamides is 1. The molecule has 0 atom stereocenters. The van der Waals surface area contributed by atoms with Gasteiger partial charge in [-0.05, 0) is 24.3 Å². The highest BCUT2D eigenvalue weighted by Gasteiger charge is 2.26. The van der Waals surface area contributed by atoms with Crippen molar-refractivity contribution in [1.29, 1.82) is 0 Å². The van der Waals surface area contributed by atoms with E-state index in [1.165, 1.54) is 6.07 Å². The molecule has 0 bridgehead atoms. The Bertz CT molecular complexity index is 805. The summed E-state index contributed by atoms with van der Waals surface area (Å²) in [6.07, 6.45) is 0. The molecule has 0 saturated heterocycles. The number of rotatable bonds is 3. The lowest BCUT2D eigenvalue weighted by atomic mass is 10.2. The quantitative estimate of drug-likeness (QED) is 0.939. The van der Waals surface area contributed by atoms with Gasteiger partial charge in [0, 0.05) is 13.1 Å². The Balaban J connectivity index is 2.00. The van der Waals surface area contributed by atoms with Gasteiger partial charge in [-0.1, -0.05) is 12.1 Å². The Kier molecular flexibility index (Phi) is 3.67. The van der Waals surface area contributed by atoms with Crippen molar-refractivity contribution in [3.8, 4) is 17.2 Å². The lowest BCUT2D eigenvalue weighted by Gasteiger charge is -2.28. The summed E-state index contributed by atoms with van der Waals surface area (Å²) >= 11 is 0. The van der Waals surface area contributed by atoms with Crippen LogP contribution in [0.4, 0.5) is 5.69 Å². The summed E-state index contributed by atoms with van der Waals surface area (Å²) in [6, 6.07) is 12.2. The van der Waals surface area contributed by atoms with Gasteiger partial charge in [0.05, 0.1) is 19.5 Å². The van der Waals surface area contributed by atoms with E-state index >= 15 is 0 Å². The van der Waals surface area contributed by atoms with Crippen LogP contribution < -0.4 is 19.1 Å². The lowest BCUT2D eigenvalue weighted by Crippen LogP contribution is -2.40. The van der Waals surface area contributed by atoms with Gasteiger partial charge in [-0.2, -0.15) is 4.72 Å². The second kappa shape index (κ2) is 5.51. The Labute approximate surface area is 129 Å². The van der Waals surface area contributed by atoms with Crippen LogP contribution in [-0.2, 0) is 10.0 Å². The fraction of sp³-hybridized carbons (Fsp3) is 0.200. The summed E-state index contributed by atoms with van der Waals surface area (Å²) in [4.78, 5) is 2.03. The molecule has 1 N–H and O–H groups in total. The van der Waals surface area contributed by atoms with Gasteiger partial charge < -0.3 is 14.4 Å². The minimum Gasteiger partial charge on any atom is -0.493 e. The number of methoxy groups -OCH3 is 1. The monoisotopic (exact) mass is 320 g/mol. The Morgan fingerprint density at radius 2 is 1.86 bits per heavy atom. The number of nitrogens with one attached hydrogen (secondary N) is 1. The van der Waals surface area contributed by atoms with Crippen LogP contribution in [-0.4, -0.2) is 29.2 Å². The first-order valence-corrected chi connectivity index (χ1v) is 8.15. The van der Waals surface area contributed by atoms with Gasteiger partial charge in [0.15, 0.2) is 11.5 Å². The SMILES string of the molecule is COc1ccccc1Oc1ccc2c(c1)S(=O)(=O)NCN2C. The van der Waals surface area contributed by atoms with Crippen LogP contribution in [0, 0.1) is 0 Å². The molecule has 1 heterocycles. The summed E-state index contributed by atoms with van der Waals surface area (Å²) in [7, 11) is -0.134. The summed E-state index contributed by atoms with van der Waals surface area (Å²) in [5, 5.41) is 0. The molecule has 7 heteroatoms. The van der Waals surface area contributed by atoms with Gasteiger partial charge in [-0.25, -0.2) is 8.42 Å². The molecule has 0 aromatic heterocycles. The molecule has 22 heavy (non-hydrogen) atoms. The van der Waals surface area contributed by atoms with E-state index in [0.29, 0.717) is 22.9 Å². The fourth-order valence-corrected chi connectivity index (χ4v) is 3.55. The molecule has 2 aromatic rings. The molecule has 1 aliphatic heterocycles. The molecular weight excluding hydrogens is 304 g/mol. The van der Waals surface area contributed by atoms with E-state index in [9.17, 15) is 8.42 Å². The van der Waals surface area contributed by atoms with Crippen LogP contribution in [0.5, 0.6) is 17.2 Å². The number of hydrogen-bond acceptors (Lipinski definition) is 5. The first-order chi connectivity index (χ1) is 10.5. The van der Waals surface area contributed by atoms with Crippen molar-refractivity contribution >= 4 is 15.7 Å². The van der Waals surface area contributed by atoms with E-state index in [1.54, 1.807) is 31.4 Å². The first kappa shape index (κ1) is 14.7. The van der Waals surface area contributed by atoms with Crippen molar-refractivity contribution in [3.63, 3.8) is 0 Å². The Hall–Kier alpha value is -2.25. The summed E-state index contributed by atoms with van der Waals surface area (Å²) in [5.74, 6) is 1.54. The molecule has 3 rings (SSSR count). The van der Waals surface area contributed by atoms with Crippen molar-refractivity contribution in [3.05, 3.63) is 42.5 Å². The van der Waals surface area contributed by atoms with E-state index < -0.39 is 10.0 Å². The van der Waals surface area contributed by atoms with E-state index in [0.717, 1.165) is 0 Å². The summed E-state index contributed by atoms with van der Waals surface area (Å²) in [5.41, 5.74) is 0.645. The van der Waals surface area contributed by atoms with Crippen molar-refractivity contribution in [2.24, 2.45) is 0 Å². The third-order valence-electron chi connectivity index (χ3n) is 3.42. The van der Waals surface area contributed by atoms with Crippen molar-refractivity contribution < 1.29 is 17.9 Å². The maximum atomic E-state index is 12.1. The predicted molar refractivity (Wildman–Crippen MR) is 83.1 cm³/mol. The van der Waals surface area contributed by atoms with E-state index in [4.69, 9.17) is 9.47 Å². The fourth-order valence-electron chi connectivity index (χ4n) is 2.26. The summed E-state index contributed by atoms with van der Waals surface area (Å²) < 4.78 is 37.7. The van der Waals surface area contributed by atoms with Crippen molar-refractivity contribution in [1.82, 2.24) is 4.72 Å². The van der Waals surface area contributed by atoms with Crippen LogP contribution in [0.2, 0.25) is 0 Å². The molecule has 1 aliphatic rings. The molecule has 0 aliphatic carbocycles. The normalized spacial score (nSPS) is 16.0. The maximum Gasteiger partial charge on any atom is 0.244 e. The van der Waals surface area contributed by atoms with Gasteiger partial charge in [0.2, 0.25) is 10.0 Å². The van der Waals surface area contributed by atoms with Gasteiger partial charge in [-0.15, -0.1) is 0 Å². The van der Waals surface area contributed by atoms with Crippen molar-refractivity contribution in [2.45, 2.75) is 4.90 Å². The van der Waals surface area contributed by atoms with Crippen LogP contribution >= 0.6 is 0 Å². The molecule has 0 radical (unpaired) electrons. The number of anilines is 1. The molecule has 2 aromatic carbocycles. The van der Waals surface area contributed by atoms with Crippen LogP contribution in [0.15, 0.2) is 47.4 Å². The predicted octanol–water partition coefficient (Wildman–Crippen LogP) is 2.17. The molecule has 0 saturated carbocycles. The minimum absolute atomic E-state index is 0.202. The van der Waals surface area contributed by atoms with E-state index in [1.807, 2.05) is 24.1 Å². The van der Waals surface area contributed by atoms with Gasteiger partial charge >= 0.3 is 0 Å². The third kappa shape index (κ3) is 2.60. The maximum absolute atomic E-state index is 12.1. The second-order valence-corrected chi connectivity index (χ2v) is 6.62. The Morgan fingerprint density at radius 3 is 2.59 bits per heavy atom. The van der Waals surface area contributed by atoms with Crippen LogP contribution in [0.1, 0.15) is 0 Å². The van der Waals surface area contributed by atoms with Crippen molar-refractivity contribution in [2.75, 3.05) is 25.7 Å². The number of para-hydroxylation sites is 2. The number of nitrogens with zero attached hydrogens (tertiary/aromatic N) is 1. The number of benzene rings is 2. The molecule has 0 unspecified atom stereocenters. The zero-order chi connectivity index (χ0) is 15.7. The van der Waals surface area contributed by atoms with Crippen LogP contribution in [0.3, 0.4) is 0 Å². The zero-order valence-electron chi connectivity index (χ0n) is 12.2. The smallest absolute Gasteiger partial charge is 0.244 e. The highest BCUT2D eigenvalue weighted by atomic mass is 32.2. The van der Waals surface area contributed by atoms with E-state index in [-0.39, 0.29) is 11.6 Å². The Morgan fingerprint density at radius 1 is 1.14 bits per heavy atom. The molecule has 0 spiro atoms. The highest BCUT2D eigenvalue weighted by Crippen LogP contribution is 2.35. The molecule has 0 amide bonds. The number of fused-ring (bicyclic) bond motifs is 1. The molecular formula is C15H16N2O4S. The minimum atomic E-state index is -3.51. The standard InChI is InChI=1S/C15H16N2O4S/c1-17-10-16-22(18,19)15-9-11(7-8-12(15)17)21-14-6-4-3-5-13(14)20-2/h3-9,16H,10H2,1-2H3. The summed E-state index contributed by atoms with van der Waals surface area (Å²) in [6.45, 7) is 0.252. The molecule has 0 fully saturated rings. The molecule has 6 nitrogen and oxygen atoms in total. The largest absolute Gasteiger partial charge is 0.493 e. The number of hydrogen-bond donors (Lipinski definition) is 1. The van der Waals surface area contributed by atoms with Crippen LogP contribution in [0.25, 0.3) is 0 Å². The third-order valence-corrected chi connectivity index (χ3v) is 4.84. The van der Waals surface area contributed by atoms with Gasteiger partial charge in [0.1, 0.15) is 10.6 Å². The average molecular weight is 320 g/mol. The highest BCUT2D eigenvalue weighted by molar-refractivity contribution is 7.89. The first-order valence-electron chi connectivity index (χ1n) is 6.67. The topological polar surface area (TPSA) is 67.9 Å². The van der Waals surface area contributed by atoms with E-state index in [2.05, 4.69) is 4.72 Å². The lowest BCUT2D eigenvalue weighted by molar-refractivity contribution is 0.378. The van der Waals surface area contributed by atoms with Gasteiger partial charge in [0.25, 0.3) is 0 Å². The zero-order valence-corrected chi connectivity index (χ0v) is 13.1.